The Balaban J connectivity index is 2.02. The van der Waals surface area contributed by atoms with Gasteiger partial charge in [-0.25, -0.2) is 0 Å². The molecule has 0 saturated heterocycles. The summed E-state index contributed by atoms with van der Waals surface area (Å²) in [6, 6.07) is 6.80. The smallest absolute Gasteiger partial charge is 0.239 e. The molecule has 0 bridgehead atoms. The van der Waals surface area contributed by atoms with Crippen molar-refractivity contribution in [2.24, 2.45) is 0 Å². The monoisotopic (exact) mass is 330 g/mol. The summed E-state index contributed by atoms with van der Waals surface area (Å²) in [6.45, 7) is 3.56. The lowest BCUT2D eigenvalue weighted by Crippen LogP contribution is -2.22. The number of nitrogens with zero attached hydrogens (tertiary/aromatic N) is 1. The predicted octanol–water partition coefficient (Wildman–Crippen LogP) is 4.41. The lowest BCUT2D eigenvalue weighted by molar-refractivity contribution is -0.115. The van der Waals surface area contributed by atoms with E-state index >= 15 is 0 Å². The van der Waals surface area contributed by atoms with Crippen molar-refractivity contribution in [3.8, 4) is 0 Å². The van der Waals surface area contributed by atoms with Crippen molar-refractivity contribution in [1.29, 1.82) is 0 Å². The minimum absolute atomic E-state index is 0.192. The summed E-state index contributed by atoms with van der Waals surface area (Å²) < 4.78 is 4.94. The van der Waals surface area contributed by atoms with Crippen LogP contribution in [0.5, 0.6) is 0 Å². The van der Waals surface area contributed by atoms with Gasteiger partial charge < -0.3 is 4.52 Å². The van der Waals surface area contributed by atoms with Crippen molar-refractivity contribution in [2.75, 3.05) is 5.32 Å². The number of carbonyl (C=O) groups is 1. The molecule has 0 saturated carbocycles. The molecule has 1 amide bonds. The Kier molecular flexibility index (Phi) is 4.96. The van der Waals surface area contributed by atoms with Gasteiger partial charge in [0.2, 0.25) is 11.8 Å². The summed E-state index contributed by atoms with van der Waals surface area (Å²) in [6.07, 6.45) is 0. The third-order valence-electron chi connectivity index (χ3n) is 2.44. The van der Waals surface area contributed by atoms with Crippen LogP contribution in [0, 0.1) is 6.92 Å². The number of hydrogen-bond donors (Lipinski definition) is 1. The highest BCUT2D eigenvalue weighted by molar-refractivity contribution is 8.00. The average Bonchev–Trinajstić information content (AvgIpc) is 2.79. The summed E-state index contributed by atoms with van der Waals surface area (Å²) in [5.74, 6) is 0.138. The van der Waals surface area contributed by atoms with Gasteiger partial charge in [0.05, 0.1) is 16.0 Å². The minimum atomic E-state index is -0.351. The third kappa shape index (κ3) is 3.91. The van der Waals surface area contributed by atoms with Crippen LogP contribution in [0.4, 0.5) is 5.88 Å². The molecule has 2 aromatic rings. The second-order valence-electron chi connectivity index (χ2n) is 4.16. The number of carbonyl (C=O) groups excluding carboxylic acids is 1. The second-order valence-corrected chi connectivity index (χ2v) is 6.38. The van der Waals surface area contributed by atoms with E-state index in [0.717, 1.165) is 4.90 Å². The number of hydrogen-bond acceptors (Lipinski definition) is 4. The van der Waals surface area contributed by atoms with Crippen molar-refractivity contribution in [3.05, 3.63) is 40.0 Å². The topological polar surface area (TPSA) is 55.1 Å². The van der Waals surface area contributed by atoms with E-state index in [9.17, 15) is 4.79 Å². The maximum absolute atomic E-state index is 12.0. The molecule has 0 aliphatic heterocycles. The number of anilines is 1. The van der Waals surface area contributed by atoms with Crippen molar-refractivity contribution in [3.63, 3.8) is 0 Å². The second kappa shape index (κ2) is 6.52. The molecule has 1 unspecified atom stereocenters. The molecule has 20 heavy (non-hydrogen) atoms. The number of aromatic nitrogens is 1. The Labute approximate surface area is 130 Å². The fourth-order valence-corrected chi connectivity index (χ4v) is 2.87. The van der Waals surface area contributed by atoms with E-state index in [2.05, 4.69) is 10.5 Å². The zero-order valence-corrected chi connectivity index (χ0v) is 13.1. The number of amides is 1. The van der Waals surface area contributed by atoms with Gasteiger partial charge in [-0.15, -0.1) is 11.8 Å². The van der Waals surface area contributed by atoms with Gasteiger partial charge in [0.15, 0.2) is 0 Å². The molecule has 0 aliphatic carbocycles. The van der Waals surface area contributed by atoms with Gasteiger partial charge in [-0.2, -0.15) is 0 Å². The zero-order chi connectivity index (χ0) is 14.7. The summed E-state index contributed by atoms with van der Waals surface area (Å²) in [7, 11) is 0. The molecule has 7 heteroatoms. The quantitative estimate of drug-likeness (QED) is 0.843. The molecular weight excluding hydrogens is 319 g/mol. The number of thioether (sulfide) groups is 1. The Bertz CT molecular complexity index is 631. The molecule has 1 atom stereocenters. The van der Waals surface area contributed by atoms with Crippen LogP contribution in [0.15, 0.2) is 33.7 Å². The van der Waals surface area contributed by atoms with Gasteiger partial charge in [-0.1, -0.05) is 28.4 Å². The van der Waals surface area contributed by atoms with Crippen molar-refractivity contribution >= 4 is 46.8 Å². The van der Waals surface area contributed by atoms with Gasteiger partial charge in [-0.05, 0) is 32.0 Å². The molecule has 1 N–H and O–H groups in total. The van der Waals surface area contributed by atoms with Crippen LogP contribution >= 0.6 is 35.0 Å². The Hall–Kier alpha value is -1.17. The van der Waals surface area contributed by atoms with Crippen LogP contribution in [0.3, 0.4) is 0 Å². The van der Waals surface area contributed by atoms with Crippen molar-refractivity contribution < 1.29 is 9.32 Å². The van der Waals surface area contributed by atoms with Gasteiger partial charge >= 0.3 is 0 Å². The first-order chi connectivity index (χ1) is 9.45. The SMILES string of the molecule is Cc1cc(NC(=O)C(C)Sc2cc(Cl)ccc2Cl)on1. The molecule has 0 radical (unpaired) electrons. The molecule has 1 aromatic heterocycles. The van der Waals surface area contributed by atoms with E-state index in [-0.39, 0.29) is 11.2 Å². The fraction of sp³-hybridized carbons (Fsp3) is 0.231. The number of benzene rings is 1. The molecule has 106 valence electrons. The Morgan fingerprint density at radius 2 is 2.15 bits per heavy atom. The molecule has 4 nitrogen and oxygen atoms in total. The summed E-state index contributed by atoms with van der Waals surface area (Å²) >= 11 is 13.3. The van der Waals surface area contributed by atoms with E-state index < -0.39 is 0 Å². The van der Waals surface area contributed by atoms with Crippen molar-refractivity contribution in [2.45, 2.75) is 24.0 Å². The molecule has 1 aromatic carbocycles. The molecule has 0 aliphatic rings. The largest absolute Gasteiger partial charge is 0.338 e. The van der Waals surface area contributed by atoms with E-state index in [4.69, 9.17) is 27.7 Å². The van der Waals surface area contributed by atoms with Gasteiger partial charge in [0.1, 0.15) is 0 Å². The van der Waals surface area contributed by atoms with Crippen LogP contribution in [0.2, 0.25) is 10.0 Å². The molecule has 2 rings (SSSR count). The summed E-state index contributed by atoms with van der Waals surface area (Å²) in [5.41, 5.74) is 0.707. The first-order valence-electron chi connectivity index (χ1n) is 5.81. The fourth-order valence-electron chi connectivity index (χ4n) is 1.46. The van der Waals surface area contributed by atoms with E-state index in [0.29, 0.717) is 21.6 Å². The van der Waals surface area contributed by atoms with Crippen LogP contribution < -0.4 is 5.32 Å². The Morgan fingerprint density at radius 3 is 2.80 bits per heavy atom. The lowest BCUT2D eigenvalue weighted by Gasteiger charge is -2.11. The minimum Gasteiger partial charge on any atom is -0.338 e. The highest BCUT2D eigenvalue weighted by atomic mass is 35.5. The van der Waals surface area contributed by atoms with Crippen LogP contribution in [0.25, 0.3) is 0 Å². The molecule has 0 fully saturated rings. The Morgan fingerprint density at radius 1 is 1.40 bits per heavy atom. The summed E-state index contributed by atoms with van der Waals surface area (Å²) in [4.78, 5) is 12.8. The first kappa shape index (κ1) is 15.2. The maximum Gasteiger partial charge on any atom is 0.239 e. The van der Waals surface area contributed by atoms with Gasteiger partial charge in [0.25, 0.3) is 0 Å². The highest BCUT2D eigenvalue weighted by Crippen LogP contribution is 2.33. The standard InChI is InChI=1S/C13H12Cl2N2O2S/c1-7-5-12(19-17-7)16-13(18)8(2)20-11-6-9(14)3-4-10(11)15/h3-6,8H,1-2H3,(H,16,18). The summed E-state index contributed by atoms with van der Waals surface area (Å²) in [5, 5.41) is 7.15. The van der Waals surface area contributed by atoms with Crippen LogP contribution in [-0.4, -0.2) is 16.3 Å². The van der Waals surface area contributed by atoms with E-state index in [1.54, 1.807) is 38.1 Å². The number of aryl methyl sites for hydroxylation is 1. The maximum atomic E-state index is 12.0. The van der Waals surface area contributed by atoms with Crippen molar-refractivity contribution in [1.82, 2.24) is 5.16 Å². The number of halogens is 2. The lowest BCUT2D eigenvalue weighted by atomic mass is 10.4. The molecular formula is C13H12Cl2N2O2S. The zero-order valence-electron chi connectivity index (χ0n) is 10.8. The average molecular weight is 331 g/mol. The number of rotatable bonds is 4. The van der Waals surface area contributed by atoms with E-state index in [1.165, 1.54) is 11.8 Å². The van der Waals surface area contributed by atoms with Crippen LogP contribution in [0.1, 0.15) is 12.6 Å². The normalized spacial score (nSPS) is 12.2. The first-order valence-corrected chi connectivity index (χ1v) is 7.45. The van der Waals surface area contributed by atoms with Gasteiger partial charge in [-0.3, -0.25) is 10.1 Å². The van der Waals surface area contributed by atoms with Gasteiger partial charge in [0, 0.05) is 16.0 Å². The molecule has 0 spiro atoms. The highest BCUT2D eigenvalue weighted by Gasteiger charge is 2.17. The molecule has 1 heterocycles. The number of nitrogens with one attached hydrogen (secondary N) is 1. The van der Waals surface area contributed by atoms with E-state index in [1.807, 2.05) is 0 Å². The predicted molar refractivity (Wildman–Crippen MR) is 81.7 cm³/mol. The van der Waals surface area contributed by atoms with Crippen LogP contribution in [-0.2, 0) is 4.79 Å². The third-order valence-corrected chi connectivity index (χ3v) is 4.28.